The van der Waals surface area contributed by atoms with Crippen molar-refractivity contribution in [1.82, 2.24) is 5.32 Å². The van der Waals surface area contributed by atoms with Crippen molar-refractivity contribution in [3.05, 3.63) is 28.0 Å². The Labute approximate surface area is 112 Å². The van der Waals surface area contributed by atoms with Crippen LogP contribution >= 0.6 is 15.9 Å². The Kier molecular flexibility index (Phi) is 3.87. The molecule has 4 nitrogen and oxygen atoms in total. The minimum absolute atomic E-state index is 0.168. The minimum atomic E-state index is -0.834. The van der Waals surface area contributed by atoms with Crippen LogP contribution < -0.4 is 10.1 Å². The zero-order valence-electron chi connectivity index (χ0n) is 9.74. The average molecular weight is 318 g/mol. The number of hydrogen-bond acceptors (Lipinski definition) is 3. The highest BCUT2D eigenvalue weighted by molar-refractivity contribution is 9.10. The van der Waals surface area contributed by atoms with E-state index in [4.69, 9.17) is 9.84 Å². The summed E-state index contributed by atoms with van der Waals surface area (Å²) < 4.78 is 19.4. The van der Waals surface area contributed by atoms with Crippen molar-refractivity contribution in [2.45, 2.75) is 12.5 Å². The van der Waals surface area contributed by atoms with Crippen LogP contribution in [0.1, 0.15) is 18.0 Å². The molecule has 0 radical (unpaired) electrons. The number of nitrogens with one attached hydrogen (secondary N) is 1. The van der Waals surface area contributed by atoms with Crippen molar-refractivity contribution in [3.63, 3.8) is 0 Å². The van der Waals surface area contributed by atoms with Crippen molar-refractivity contribution in [3.8, 4) is 5.75 Å². The first-order chi connectivity index (χ1) is 8.52. The van der Waals surface area contributed by atoms with E-state index in [0.29, 0.717) is 23.0 Å². The van der Waals surface area contributed by atoms with Crippen LogP contribution in [0.2, 0.25) is 0 Å². The molecular formula is C12H13BrFNO3. The molecule has 0 amide bonds. The van der Waals surface area contributed by atoms with Crippen LogP contribution in [0.4, 0.5) is 4.39 Å². The molecule has 1 aromatic rings. The number of carbonyl (C=O) groups is 1. The zero-order chi connectivity index (χ0) is 13.3. The molecule has 2 N–H and O–H groups in total. The number of carboxylic acids is 1. The lowest BCUT2D eigenvalue weighted by Gasteiger charge is -2.16. The molecule has 2 atom stereocenters. The van der Waals surface area contributed by atoms with E-state index >= 15 is 0 Å². The van der Waals surface area contributed by atoms with Crippen molar-refractivity contribution >= 4 is 21.9 Å². The predicted octanol–water partition coefficient (Wildman–Crippen LogP) is 2.33. The van der Waals surface area contributed by atoms with Gasteiger partial charge in [-0.2, -0.15) is 0 Å². The number of rotatable bonds is 3. The van der Waals surface area contributed by atoms with Gasteiger partial charge in [-0.05, 0) is 18.6 Å². The Bertz CT molecular complexity index is 481. The van der Waals surface area contributed by atoms with Gasteiger partial charge in [-0.15, -0.1) is 0 Å². The molecule has 0 spiro atoms. The number of benzene rings is 1. The molecule has 6 heteroatoms. The molecule has 1 aliphatic rings. The average Bonchev–Trinajstić information content (AvgIpc) is 2.77. The molecule has 1 aromatic carbocycles. The molecule has 0 saturated carbocycles. The van der Waals surface area contributed by atoms with Gasteiger partial charge in [0.1, 0.15) is 0 Å². The second kappa shape index (κ2) is 5.24. The maximum atomic E-state index is 13.7. The summed E-state index contributed by atoms with van der Waals surface area (Å²) in [4.78, 5) is 10.9. The molecule has 1 saturated heterocycles. The predicted molar refractivity (Wildman–Crippen MR) is 67.1 cm³/mol. The number of aliphatic carboxylic acids is 1. The maximum Gasteiger partial charge on any atom is 0.307 e. The van der Waals surface area contributed by atoms with Crippen LogP contribution in [0, 0.1) is 11.7 Å². The first-order valence-electron chi connectivity index (χ1n) is 5.52. The van der Waals surface area contributed by atoms with Gasteiger partial charge >= 0.3 is 5.97 Å². The van der Waals surface area contributed by atoms with E-state index < -0.39 is 17.7 Å². The lowest BCUT2D eigenvalue weighted by molar-refractivity contribution is -0.141. The van der Waals surface area contributed by atoms with Crippen LogP contribution in [-0.4, -0.2) is 24.7 Å². The van der Waals surface area contributed by atoms with Gasteiger partial charge < -0.3 is 15.2 Å². The summed E-state index contributed by atoms with van der Waals surface area (Å²) >= 11 is 3.23. The number of halogens is 2. The summed E-state index contributed by atoms with van der Waals surface area (Å²) in [5.74, 6) is -1.56. The van der Waals surface area contributed by atoms with Crippen molar-refractivity contribution < 1.29 is 19.0 Å². The van der Waals surface area contributed by atoms with Gasteiger partial charge in [-0.3, -0.25) is 4.79 Å². The minimum Gasteiger partial charge on any atom is -0.493 e. The van der Waals surface area contributed by atoms with Crippen LogP contribution in [0.25, 0.3) is 0 Å². The lowest BCUT2D eigenvalue weighted by Crippen LogP contribution is -2.17. The van der Waals surface area contributed by atoms with Crippen molar-refractivity contribution in [2.75, 3.05) is 13.7 Å². The molecule has 98 valence electrons. The van der Waals surface area contributed by atoms with Gasteiger partial charge in [0.25, 0.3) is 0 Å². The number of ether oxygens (including phenoxy) is 1. The summed E-state index contributed by atoms with van der Waals surface area (Å²) in [5.41, 5.74) is 0.646. The van der Waals surface area contributed by atoms with Crippen molar-refractivity contribution in [2.24, 2.45) is 5.92 Å². The molecule has 2 unspecified atom stereocenters. The van der Waals surface area contributed by atoms with E-state index in [1.165, 1.54) is 13.2 Å². The van der Waals surface area contributed by atoms with Crippen LogP contribution in [-0.2, 0) is 4.79 Å². The molecule has 1 aliphatic heterocycles. The van der Waals surface area contributed by atoms with E-state index in [9.17, 15) is 9.18 Å². The first kappa shape index (κ1) is 13.3. The summed E-state index contributed by atoms with van der Waals surface area (Å²) in [5, 5.41) is 12.0. The Morgan fingerprint density at radius 1 is 1.61 bits per heavy atom. The highest BCUT2D eigenvalue weighted by Crippen LogP contribution is 2.36. The summed E-state index contributed by atoms with van der Waals surface area (Å²) in [6, 6.07) is 2.88. The van der Waals surface area contributed by atoms with E-state index in [1.54, 1.807) is 6.07 Å². The second-order valence-corrected chi connectivity index (χ2v) is 5.16. The number of carboxylic acid groups (broad SMARTS) is 1. The van der Waals surface area contributed by atoms with Crippen LogP contribution in [0.5, 0.6) is 5.75 Å². The monoisotopic (exact) mass is 317 g/mol. The van der Waals surface area contributed by atoms with Gasteiger partial charge in [0.05, 0.1) is 13.0 Å². The van der Waals surface area contributed by atoms with Gasteiger partial charge in [-0.25, -0.2) is 4.39 Å². The van der Waals surface area contributed by atoms with E-state index in [-0.39, 0.29) is 11.8 Å². The Balaban J connectivity index is 2.31. The topological polar surface area (TPSA) is 58.6 Å². The van der Waals surface area contributed by atoms with Gasteiger partial charge in [0.2, 0.25) is 0 Å². The van der Waals surface area contributed by atoms with Crippen molar-refractivity contribution in [1.29, 1.82) is 0 Å². The van der Waals surface area contributed by atoms with E-state index in [2.05, 4.69) is 21.2 Å². The zero-order valence-corrected chi connectivity index (χ0v) is 11.3. The molecule has 2 rings (SSSR count). The van der Waals surface area contributed by atoms with E-state index in [1.807, 2.05) is 0 Å². The second-order valence-electron chi connectivity index (χ2n) is 4.24. The fourth-order valence-electron chi connectivity index (χ4n) is 2.22. The first-order valence-corrected chi connectivity index (χ1v) is 6.31. The molecule has 1 fully saturated rings. The standard InChI is InChI=1S/C12H13BrFNO3/c1-18-11-8(3-7(13)4-9(11)14)10-2-6(5-15-10)12(16)17/h3-4,6,10,15H,2,5H2,1H3,(H,16,17). The Morgan fingerprint density at radius 3 is 2.89 bits per heavy atom. The fraction of sp³-hybridized carbons (Fsp3) is 0.417. The van der Waals surface area contributed by atoms with E-state index in [0.717, 1.165) is 0 Å². The Morgan fingerprint density at radius 2 is 2.33 bits per heavy atom. The molecular weight excluding hydrogens is 305 g/mol. The normalized spacial score (nSPS) is 23.1. The molecule has 0 aromatic heterocycles. The third kappa shape index (κ3) is 2.49. The third-order valence-corrected chi connectivity index (χ3v) is 3.55. The molecule has 1 heterocycles. The summed E-state index contributed by atoms with van der Waals surface area (Å²) in [7, 11) is 1.40. The Hall–Kier alpha value is -1.14. The van der Waals surface area contributed by atoms with Gasteiger partial charge in [0, 0.05) is 22.6 Å². The highest BCUT2D eigenvalue weighted by atomic mass is 79.9. The van der Waals surface area contributed by atoms with Crippen LogP contribution in [0.3, 0.4) is 0 Å². The van der Waals surface area contributed by atoms with Crippen LogP contribution in [0.15, 0.2) is 16.6 Å². The summed E-state index contributed by atoms with van der Waals surface area (Å²) in [6.45, 7) is 0.386. The molecule has 0 aliphatic carbocycles. The van der Waals surface area contributed by atoms with Gasteiger partial charge in [-0.1, -0.05) is 15.9 Å². The largest absolute Gasteiger partial charge is 0.493 e. The van der Waals surface area contributed by atoms with Gasteiger partial charge in [0.15, 0.2) is 11.6 Å². The summed E-state index contributed by atoms with van der Waals surface area (Å²) in [6.07, 6.45) is 0.432. The smallest absolute Gasteiger partial charge is 0.307 e. The number of hydrogen-bond donors (Lipinski definition) is 2. The SMILES string of the molecule is COc1c(F)cc(Br)cc1C1CC(C(=O)O)CN1. The lowest BCUT2D eigenvalue weighted by atomic mass is 9.99. The maximum absolute atomic E-state index is 13.7. The quantitative estimate of drug-likeness (QED) is 0.898. The fourth-order valence-corrected chi connectivity index (χ4v) is 2.66. The third-order valence-electron chi connectivity index (χ3n) is 3.10. The molecule has 0 bridgehead atoms. The highest BCUT2D eigenvalue weighted by Gasteiger charge is 2.32. The number of methoxy groups -OCH3 is 1. The molecule has 18 heavy (non-hydrogen) atoms.